The predicted molar refractivity (Wildman–Crippen MR) is 65.0 cm³/mol. The third-order valence-corrected chi connectivity index (χ3v) is 3.25. The van der Waals surface area contributed by atoms with E-state index in [-0.39, 0.29) is 12.1 Å². The smallest absolute Gasteiger partial charge is 0.119 e. The Morgan fingerprint density at radius 2 is 2.19 bits per heavy atom. The molecule has 1 saturated carbocycles. The number of anilines is 1. The van der Waals surface area contributed by atoms with E-state index in [1.807, 2.05) is 25.1 Å². The molecule has 1 fully saturated rings. The van der Waals surface area contributed by atoms with Gasteiger partial charge >= 0.3 is 0 Å². The highest BCUT2D eigenvalue weighted by Gasteiger charge is 2.25. The van der Waals surface area contributed by atoms with E-state index >= 15 is 0 Å². The minimum absolute atomic E-state index is 0.201. The molecule has 3 heteroatoms. The SMILES string of the molecule is COc1ccc(N[C@@H]2CCC[C@H]2O)c(C)c1. The van der Waals surface area contributed by atoms with Crippen LogP contribution in [0.5, 0.6) is 5.75 Å². The van der Waals surface area contributed by atoms with Crippen molar-refractivity contribution < 1.29 is 9.84 Å². The molecule has 1 aromatic carbocycles. The molecule has 0 radical (unpaired) electrons. The Bertz CT molecular complexity index is 365. The highest BCUT2D eigenvalue weighted by Crippen LogP contribution is 2.26. The molecule has 0 spiro atoms. The van der Waals surface area contributed by atoms with Crippen LogP contribution < -0.4 is 10.1 Å². The molecule has 1 aliphatic rings. The standard InChI is InChI=1S/C13H19NO2/c1-9-8-10(16-2)6-7-11(9)14-12-4-3-5-13(12)15/h6-8,12-15H,3-5H2,1-2H3/t12-,13-/m1/s1. The highest BCUT2D eigenvalue weighted by molar-refractivity contribution is 5.54. The molecule has 0 aliphatic heterocycles. The first-order valence-electron chi connectivity index (χ1n) is 5.80. The number of aliphatic hydroxyl groups excluding tert-OH is 1. The summed E-state index contributed by atoms with van der Waals surface area (Å²) in [6, 6.07) is 6.16. The maximum atomic E-state index is 9.75. The molecule has 88 valence electrons. The van der Waals surface area contributed by atoms with Gasteiger partial charge in [-0.05, 0) is 49.9 Å². The molecule has 2 rings (SSSR count). The van der Waals surface area contributed by atoms with Crippen LogP contribution in [0.15, 0.2) is 18.2 Å². The third kappa shape index (κ3) is 2.30. The van der Waals surface area contributed by atoms with Crippen molar-refractivity contribution in [3.8, 4) is 5.75 Å². The quantitative estimate of drug-likeness (QED) is 0.823. The van der Waals surface area contributed by atoms with Crippen molar-refractivity contribution in [1.29, 1.82) is 0 Å². The van der Waals surface area contributed by atoms with Gasteiger partial charge in [0.15, 0.2) is 0 Å². The summed E-state index contributed by atoms with van der Waals surface area (Å²) in [5.74, 6) is 0.870. The minimum atomic E-state index is -0.207. The lowest BCUT2D eigenvalue weighted by molar-refractivity contribution is 0.172. The number of hydrogen-bond donors (Lipinski definition) is 2. The van der Waals surface area contributed by atoms with Gasteiger partial charge in [0, 0.05) is 5.69 Å². The van der Waals surface area contributed by atoms with Crippen molar-refractivity contribution in [3.05, 3.63) is 23.8 Å². The lowest BCUT2D eigenvalue weighted by Crippen LogP contribution is -2.28. The van der Waals surface area contributed by atoms with Crippen LogP contribution in [0.4, 0.5) is 5.69 Å². The molecular weight excluding hydrogens is 202 g/mol. The van der Waals surface area contributed by atoms with Gasteiger partial charge in [-0.1, -0.05) is 0 Å². The number of ether oxygens (including phenoxy) is 1. The van der Waals surface area contributed by atoms with E-state index in [9.17, 15) is 5.11 Å². The number of nitrogens with one attached hydrogen (secondary N) is 1. The summed E-state index contributed by atoms with van der Waals surface area (Å²) in [5, 5.41) is 13.2. The summed E-state index contributed by atoms with van der Waals surface area (Å²) in [6.45, 7) is 2.05. The lowest BCUT2D eigenvalue weighted by atomic mass is 10.1. The molecule has 0 aromatic heterocycles. The normalized spacial score (nSPS) is 24.4. The number of aryl methyl sites for hydroxylation is 1. The molecule has 2 N–H and O–H groups in total. The molecule has 1 aromatic rings. The summed E-state index contributed by atoms with van der Waals surface area (Å²) in [4.78, 5) is 0. The first-order chi connectivity index (χ1) is 7.70. The Hall–Kier alpha value is -1.22. The molecule has 0 unspecified atom stereocenters. The summed E-state index contributed by atoms with van der Waals surface area (Å²) in [7, 11) is 1.67. The van der Waals surface area contributed by atoms with Gasteiger partial charge in [-0.25, -0.2) is 0 Å². The molecular formula is C13H19NO2. The van der Waals surface area contributed by atoms with Crippen LogP contribution in [0.3, 0.4) is 0 Å². The first-order valence-corrected chi connectivity index (χ1v) is 5.80. The zero-order valence-corrected chi connectivity index (χ0v) is 9.86. The van der Waals surface area contributed by atoms with Gasteiger partial charge in [-0.15, -0.1) is 0 Å². The third-order valence-electron chi connectivity index (χ3n) is 3.25. The Morgan fingerprint density at radius 3 is 2.75 bits per heavy atom. The van der Waals surface area contributed by atoms with Crippen molar-refractivity contribution in [2.45, 2.75) is 38.3 Å². The van der Waals surface area contributed by atoms with Crippen LogP contribution >= 0.6 is 0 Å². The summed E-state index contributed by atoms with van der Waals surface area (Å²) < 4.78 is 5.16. The van der Waals surface area contributed by atoms with Crippen LogP contribution in [-0.4, -0.2) is 24.4 Å². The summed E-state index contributed by atoms with van der Waals surface area (Å²) in [6.07, 6.45) is 2.86. The molecule has 3 nitrogen and oxygen atoms in total. The fourth-order valence-electron chi connectivity index (χ4n) is 2.23. The lowest BCUT2D eigenvalue weighted by Gasteiger charge is -2.19. The van der Waals surface area contributed by atoms with Gasteiger partial charge in [-0.3, -0.25) is 0 Å². The largest absolute Gasteiger partial charge is 0.497 e. The van der Waals surface area contributed by atoms with Crippen molar-refractivity contribution in [1.82, 2.24) is 0 Å². The van der Waals surface area contributed by atoms with E-state index in [4.69, 9.17) is 4.74 Å². The van der Waals surface area contributed by atoms with Gasteiger partial charge in [0.05, 0.1) is 19.3 Å². The van der Waals surface area contributed by atoms with Crippen molar-refractivity contribution in [2.75, 3.05) is 12.4 Å². The molecule has 0 heterocycles. The molecule has 16 heavy (non-hydrogen) atoms. The second-order valence-electron chi connectivity index (χ2n) is 4.43. The van der Waals surface area contributed by atoms with E-state index in [2.05, 4.69) is 5.32 Å². The number of benzene rings is 1. The van der Waals surface area contributed by atoms with E-state index in [1.54, 1.807) is 7.11 Å². The second kappa shape index (κ2) is 4.74. The Morgan fingerprint density at radius 1 is 1.38 bits per heavy atom. The molecule has 1 aliphatic carbocycles. The van der Waals surface area contributed by atoms with E-state index in [1.165, 1.54) is 0 Å². The monoisotopic (exact) mass is 221 g/mol. The number of rotatable bonds is 3. The van der Waals surface area contributed by atoms with E-state index < -0.39 is 0 Å². The number of methoxy groups -OCH3 is 1. The maximum Gasteiger partial charge on any atom is 0.119 e. The second-order valence-corrected chi connectivity index (χ2v) is 4.43. The molecule has 0 amide bonds. The van der Waals surface area contributed by atoms with Crippen LogP contribution in [0.25, 0.3) is 0 Å². The minimum Gasteiger partial charge on any atom is -0.497 e. The van der Waals surface area contributed by atoms with Crippen molar-refractivity contribution in [2.24, 2.45) is 0 Å². The fraction of sp³-hybridized carbons (Fsp3) is 0.538. The van der Waals surface area contributed by atoms with E-state index in [0.29, 0.717) is 0 Å². The van der Waals surface area contributed by atoms with Crippen molar-refractivity contribution in [3.63, 3.8) is 0 Å². The predicted octanol–water partition coefficient (Wildman–Crippen LogP) is 2.33. The summed E-state index contributed by atoms with van der Waals surface area (Å²) >= 11 is 0. The van der Waals surface area contributed by atoms with Gasteiger partial charge in [-0.2, -0.15) is 0 Å². The zero-order chi connectivity index (χ0) is 11.5. The topological polar surface area (TPSA) is 41.5 Å². The van der Waals surface area contributed by atoms with E-state index in [0.717, 1.165) is 36.3 Å². The molecule has 2 atom stereocenters. The maximum absolute atomic E-state index is 9.75. The zero-order valence-electron chi connectivity index (χ0n) is 9.86. The average Bonchev–Trinajstić information content (AvgIpc) is 2.67. The fourth-order valence-corrected chi connectivity index (χ4v) is 2.23. The highest BCUT2D eigenvalue weighted by atomic mass is 16.5. The molecule has 0 bridgehead atoms. The Balaban J connectivity index is 2.09. The average molecular weight is 221 g/mol. The van der Waals surface area contributed by atoms with Gasteiger partial charge in [0.25, 0.3) is 0 Å². The first kappa shape index (κ1) is 11.3. The summed E-state index contributed by atoms with van der Waals surface area (Å²) in [5.41, 5.74) is 2.24. The van der Waals surface area contributed by atoms with Crippen molar-refractivity contribution >= 4 is 5.69 Å². The van der Waals surface area contributed by atoms with Gasteiger partial charge in [0.2, 0.25) is 0 Å². The number of aliphatic hydroxyl groups is 1. The number of hydrogen-bond acceptors (Lipinski definition) is 3. The van der Waals surface area contributed by atoms with Crippen LogP contribution in [0.1, 0.15) is 24.8 Å². The van der Waals surface area contributed by atoms with Crippen LogP contribution in [0.2, 0.25) is 0 Å². The van der Waals surface area contributed by atoms with Gasteiger partial charge in [0.1, 0.15) is 5.75 Å². The van der Waals surface area contributed by atoms with Gasteiger partial charge < -0.3 is 15.2 Å². The Labute approximate surface area is 96.4 Å². The van der Waals surface area contributed by atoms with Crippen LogP contribution in [0, 0.1) is 6.92 Å². The van der Waals surface area contributed by atoms with Crippen LogP contribution in [-0.2, 0) is 0 Å². The molecule has 0 saturated heterocycles. The Kier molecular flexibility index (Phi) is 3.34.